The molecule has 136 valence electrons. The minimum Gasteiger partial charge on any atom is -0.492 e. The Balaban J connectivity index is 2.11. The second kappa shape index (κ2) is 7.56. The molecule has 0 N–H and O–H groups in total. The molecule has 0 saturated heterocycles. The Kier molecular flexibility index (Phi) is 5.87. The summed E-state index contributed by atoms with van der Waals surface area (Å²) in [6.07, 6.45) is -10.4. The zero-order valence-corrected chi connectivity index (χ0v) is 13.4. The summed E-state index contributed by atoms with van der Waals surface area (Å²) in [6, 6.07) is 11.7. The van der Waals surface area contributed by atoms with E-state index in [9.17, 15) is 26.3 Å². The van der Waals surface area contributed by atoms with E-state index in [0.29, 0.717) is 12.5 Å². The van der Waals surface area contributed by atoms with Crippen LogP contribution in [0, 0.1) is 0 Å². The summed E-state index contributed by atoms with van der Waals surface area (Å²) < 4.78 is 81.7. The Bertz CT molecular complexity index is 683. The van der Waals surface area contributed by atoms with Gasteiger partial charge < -0.3 is 4.74 Å². The average molecular weight is 383 g/mol. The predicted molar refractivity (Wildman–Crippen MR) is 81.9 cm³/mol. The highest BCUT2D eigenvalue weighted by atomic mass is 35.5. The molecule has 2 aromatic rings. The van der Waals surface area contributed by atoms with Crippen LogP contribution in [0.25, 0.3) is 0 Å². The van der Waals surface area contributed by atoms with Gasteiger partial charge in [0.2, 0.25) is 0 Å². The SMILES string of the molecule is FC(F)(F)C(c1ccc(OCCc2ccccc2)c(Cl)c1)C(F)(F)F. The number of hydrogen-bond donors (Lipinski definition) is 0. The number of halogens is 7. The van der Waals surface area contributed by atoms with E-state index < -0.39 is 23.8 Å². The lowest BCUT2D eigenvalue weighted by Gasteiger charge is -2.23. The number of alkyl halides is 6. The second-order valence-corrected chi connectivity index (χ2v) is 5.70. The lowest BCUT2D eigenvalue weighted by molar-refractivity contribution is -0.253. The number of benzene rings is 2. The van der Waals surface area contributed by atoms with E-state index in [0.717, 1.165) is 17.7 Å². The Hall–Kier alpha value is -1.89. The Labute approximate surface area is 145 Å². The van der Waals surface area contributed by atoms with Crippen LogP contribution in [-0.4, -0.2) is 19.0 Å². The Morgan fingerprint density at radius 1 is 0.880 bits per heavy atom. The summed E-state index contributed by atoms with van der Waals surface area (Å²) in [6.45, 7) is 0.186. The largest absolute Gasteiger partial charge is 0.492 e. The first-order valence-corrected chi connectivity index (χ1v) is 7.56. The molecule has 0 radical (unpaired) electrons. The van der Waals surface area contributed by atoms with Crippen LogP contribution in [-0.2, 0) is 6.42 Å². The van der Waals surface area contributed by atoms with E-state index in [1.54, 1.807) is 0 Å². The van der Waals surface area contributed by atoms with Crippen molar-refractivity contribution in [1.82, 2.24) is 0 Å². The summed E-state index contributed by atoms with van der Waals surface area (Å²) in [5.74, 6) is -3.56. The van der Waals surface area contributed by atoms with E-state index in [-0.39, 0.29) is 17.4 Å². The molecular formula is C17H13ClF6O. The molecule has 0 atom stereocenters. The van der Waals surface area contributed by atoms with E-state index >= 15 is 0 Å². The molecule has 0 aliphatic heterocycles. The van der Waals surface area contributed by atoms with Crippen molar-refractivity contribution >= 4 is 11.6 Å². The van der Waals surface area contributed by atoms with Crippen molar-refractivity contribution in [3.63, 3.8) is 0 Å². The fraction of sp³-hybridized carbons (Fsp3) is 0.294. The third-order valence-electron chi connectivity index (χ3n) is 3.44. The molecule has 2 rings (SSSR count). The fourth-order valence-electron chi connectivity index (χ4n) is 2.30. The number of hydrogen-bond acceptors (Lipinski definition) is 1. The fourth-order valence-corrected chi connectivity index (χ4v) is 2.54. The molecule has 0 unspecified atom stereocenters. The molecule has 2 aromatic carbocycles. The minimum atomic E-state index is -5.46. The van der Waals surface area contributed by atoms with E-state index in [2.05, 4.69) is 0 Å². The molecular weight excluding hydrogens is 370 g/mol. The highest BCUT2D eigenvalue weighted by molar-refractivity contribution is 6.32. The van der Waals surface area contributed by atoms with E-state index in [1.165, 1.54) is 0 Å². The third-order valence-corrected chi connectivity index (χ3v) is 3.73. The lowest BCUT2D eigenvalue weighted by atomic mass is 9.98. The van der Waals surface area contributed by atoms with Gasteiger partial charge in [-0.2, -0.15) is 26.3 Å². The van der Waals surface area contributed by atoms with Crippen molar-refractivity contribution in [3.05, 3.63) is 64.7 Å². The van der Waals surface area contributed by atoms with Crippen LogP contribution < -0.4 is 4.74 Å². The summed E-state index contributed by atoms with van der Waals surface area (Å²) in [4.78, 5) is 0. The van der Waals surface area contributed by atoms with E-state index in [1.807, 2.05) is 30.3 Å². The summed E-state index contributed by atoms with van der Waals surface area (Å²) >= 11 is 5.80. The molecule has 0 aliphatic carbocycles. The van der Waals surface area contributed by atoms with Crippen molar-refractivity contribution in [2.24, 2.45) is 0 Å². The first-order valence-electron chi connectivity index (χ1n) is 7.18. The van der Waals surface area contributed by atoms with Crippen LogP contribution in [0.2, 0.25) is 5.02 Å². The van der Waals surface area contributed by atoms with Crippen LogP contribution >= 0.6 is 11.6 Å². The Morgan fingerprint density at radius 2 is 1.48 bits per heavy atom. The zero-order valence-electron chi connectivity index (χ0n) is 12.7. The molecule has 25 heavy (non-hydrogen) atoms. The van der Waals surface area contributed by atoms with Crippen molar-refractivity contribution in [1.29, 1.82) is 0 Å². The predicted octanol–water partition coefficient (Wildman–Crippen LogP) is 6.17. The highest BCUT2D eigenvalue weighted by Crippen LogP contribution is 2.47. The molecule has 0 fully saturated rings. The van der Waals surface area contributed by atoms with Gasteiger partial charge in [0.1, 0.15) is 5.75 Å². The summed E-state index contributed by atoms with van der Waals surface area (Å²) in [5.41, 5.74) is 0.00450. The normalized spacial score (nSPS) is 12.5. The van der Waals surface area contributed by atoms with Gasteiger partial charge in [-0.25, -0.2) is 0 Å². The maximum atomic E-state index is 12.7. The first-order chi connectivity index (χ1) is 11.6. The summed E-state index contributed by atoms with van der Waals surface area (Å²) in [7, 11) is 0. The van der Waals surface area contributed by atoms with Crippen LogP contribution in [0.1, 0.15) is 17.0 Å². The minimum absolute atomic E-state index is 0.0319. The van der Waals surface area contributed by atoms with Crippen LogP contribution in [0.4, 0.5) is 26.3 Å². The highest BCUT2D eigenvalue weighted by Gasteiger charge is 2.57. The van der Waals surface area contributed by atoms with Crippen molar-refractivity contribution in [2.75, 3.05) is 6.61 Å². The van der Waals surface area contributed by atoms with Gasteiger partial charge in [0, 0.05) is 6.42 Å². The van der Waals surface area contributed by atoms with Crippen molar-refractivity contribution in [2.45, 2.75) is 24.7 Å². The molecule has 0 amide bonds. The zero-order chi connectivity index (χ0) is 18.7. The van der Waals surface area contributed by atoms with Gasteiger partial charge >= 0.3 is 12.4 Å². The van der Waals surface area contributed by atoms with Gasteiger partial charge in [0.15, 0.2) is 5.92 Å². The molecule has 0 bridgehead atoms. The van der Waals surface area contributed by atoms with Gasteiger partial charge in [-0.05, 0) is 23.3 Å². The Morgan fingerprint density at radius 3 is 2.00 bits per heavy atom. The molecule has 0 heterocycles. The van der Waals surface area contributed by atoms with Gasteiger partial charge in [0.05, 0.1) is 11.6 Å². The van der Waals surface area contributed by atoms with Gasteiger partial charge in [-0.15, -0.1) is 0 Å². The second-order valence-electron chi connectivity index (χ2n) is 5.29. The molecule has 8 heteroatoms. The van der Waals surface area contributed by atoms with Crippen LogP contribution in [0.5, 0.6) is 5.75 Å². The van der Waals surface area contributed by atoms with Crippen molar-refractivity contribution in [3.8, 4) is 5.75 Å². The summed E-state index contributed by atoms with van der Waals surface area (Å²) in [5, 5.41) is -0.302. The maximum absolute atomic E-state index is 12.7. The molecule has 0 spiro atoms. The monoisotopic (exact) mass is 382 g/mol. The van der Waals surface area contributed by atoms with Crippen molar-refractivity contribution < 1.29 is 31.1 Å². The van der Waals surface area contributed by atoms with Gasteiger partial charge in [0.25, 0.3) is 0 Å². The van der Waals surface area contributed by atoms with Gasteiger partial charge in [-0.3, -0.25) is 0 Å². The van der Waals surface area contributed by atoms with Crippen LogP contribution in [0.15, 0.2) is 48.5 Å². The first kappa shape index (κ1) is 19.4. The quantitative estimate of drug-likeness (QED) is 0.562. The molecule has 0 saturated carbocycles. The standard InChI is InChI=1S/C17H13ClF6O/c18-13-10-12(15(16(19,20)21)17(22,23)24)6-7-14(13)25-9-8-11-4-2-1-3-5-11/h1-7,10,15H,8-9H2. The smallest absolute Gasteiger partial charge is 0.404 e. The number of rotatable bonds is 5. The topological polar surface area (TPSA) is 9.23 Å². The average Bonchev–Trinajstić information content (AvgIpc) is 2.47. The molecule has 0 aliphatic rings. The third kappa shape index (κ3) is 5.29. The number of ether oxygens (including phenoxy) is 1. The van der Waals surface area contributed by atoms with Crippen LogP contribution in [0.3, 0.4) is 0 Å². The maximum Gasteiger partial charge on any atom is 0.404 e. The lowest BCUT2D eigenvalue weighted by Crippen LogP contribution is -2.34. The van der Waals surface area contributed by atoms with E-state index in [4.69, 9.17) is 16.3 Å². The van der Waals surface area contributed by atoms with Gasteiger partial charge in [-0.1, -0.05) is 48.0 Å². The molecule has 0 aromatic heterocycles. The molecule has 1 nitrogen and oxygen atoms in total.